The van der Waals surface area contributed by atoms with Gasteiger partial charge in [-0.3, -0.25) is 4.99 Å². The van der Waals surface area contributed by atoms with E-state index in [0.29, 0.717) is 13.1 Å². The van der Waals surface area contributed by atoms with Crippen LogP contribution >= 0.6 is 0 Å². The summed E-state index contributed by atoms with van der Waals surface area (Å²) in [7, 11) is 0. The van der Waals surface area contributed by atoms with Crippen LogP contribution < -0.4 is 10.1 Å². The summed E-state index contributed by atoms with van der Waals surface area (Å²) in [6, 6.07) is 6.24. The molecule has 0 spiro atoms. The zero-order valence-electron chi connectivity index (χ0n) is 10.9. The van der Waals surface area contributed by atoms with Crippen LogP contribution in [0, 0.1) is 0 Å². The van der Waals surface area contributed by atoms with Gasteiger partial charge < -0.3 is 20.1 Å². The number of nitrogens with zero attached hydrogens (tertiary/aromatic N) is 2. The molecule has 6 heteroatoms. The maximum atomic E-state index is 10.9. The minimum atomic E-state index is -0.868. The fourth-order valence-electron chi connectivity index (χ4n) is 3.09. The smallest absolute Gasteiger partial charge is 0.407 e. The largest absolute Gasteiger partial charge is 0.493 e. The summed E-state index contributed by atoms with van der Waals surface area (Å²) < 4.78 is 5.50. The second-order valence-corrected chi connectivity index (χ2v) is 5.40. The molecule has 3 aliphatic rings. The van der Waals surface area contributed by atoms with Gasteiger partial charge in [-0.1, -0.05) is 0 Å². The number of benzene rings is 1. The van der Waals surface area contributed by atoms with E-state index in [1.54, 1.807) is 0 Å². The lowest BCUT2D eigenvalue weighted by molar-refractivity contribution is 0.154. The second kappa shape index (κ2) is 4.13. The zero-order chi connectivity index (χ0) is 13.7. The molecule has 0 unspecified atom stereocenters. The van der Waals surface area contributed by atoms with Gasteiger partial charge in [-0.25, -0.2) is 4.79 Å². The van der Waals surface area contributed by atoms with Crippen molar-refractivity contribution >= 4 is 11.9 Å². The minimum Gasteiger partial charge on any atom is -0.493 e. The Morgan fingerprint density at radius 3 is 3.15 bits per heavy atom. The maximum Gasteiger partial charge on any atom is 0.407 e. The van der Waals surface area contributed by atoms with E-state index in [2.05, 4.69) is 16.4 Å². The molecule has 0 radical (unpaired) electrons. The van der Waals surface area contributed by atoms with Gasteiger partial charge >= 0.3 is 6.09 Å². The Morgan fingerprint density at radius 1 is 1.45 bits per heavy atom. The van der Waals surface area contributed by atoms with Crippen molar-refractivity contribution in [1.82, 2.24) is 10.2 Å². The number of carbonyl (C=O) groups is 1. The lowest BCUT2D eigenvalue weighted by Gasteiger charge is -2.13. The average Bonchev–Trinajstić information content (AvgIpc) is 3.11. The number of rotatable bonds is 1. The summed E-state index contributed by atoms with van der Waals surface area (Å²) in [4.78, 5) is 17.0. The maximum absolute atomic E-state index is 10.9. The topological polar surface area (TPSA) is 74.2 Å². The molecule has 1 aromatic rings. The summed E-state index contributed by atoms with van der Waals surface area (Å²) >= 11 is 0. The summed E-state index contributed by atoms with van der Waals surface area (Å²) in [5.74, 6) is 1.84. The lowest BCUT2D eigenvalue weighted by atomic mass is 10.1. The molecule has 0 bridgehead atoms. The Bertz CT molecular complexity index is 614. The number of ether oxygens (including phenoxy) is 1. The molecular weight excluding hydrogens is 258 g/mol. The molecule has 3 heterocycles. The molecule has 2 atom stereocenters. The van der Waals surface area contributed by atoms with Crippen LogP contribution in [-0.4, -0.2) is 53.7 Å². The highest BCUT2D eigenvalue weighted by Gasteiger charge is 2.39. The van der Waals surface area contributed by atoms with Gasteiger partial charge in [0.15, 0.2) is 0 Å². The molecule has 1 saturated heterocycles. The molecule has 1 amide bonds. The van der Waals surface area contributed by atoms with Crippen molar-refractivity contribution < 1.29 is 14.6 Å². The highest BCUT2D eigenvalue weighted by molar-refractivity contribution is 6.00. The monoisotopic (exact) mass is 273 g/mol. The fourth-order valence-corrected chi connectivity index (χ4v) is 3.09. The third-order valence-corrected chi connectivity index (χ3v) is 4.14. The lowest BCUT2D eigenvalue weighted by Crippen LogP contribution is -2.36. The number of hydrogen-bond acceptors (Lipinski definition) is 4. The molecule has 0 aliphatic carbocycles. The van der Waals surface area contributed by atoms with E-state index in [-0.39, 0.29) is 12.1 Å². The molecule has 2 N–H and O–H groups in total. The number of aliphatic imine (C=N–C) groups is 1. The van der Waals surface area contributed by atoms with Gasteiger partial charge in [0, 0.05) is 25.1 Å². The Labute approximate surface area is 116 Å². The molecule has 4 rings (SSSR count). The highest BCUT2D eigenvalue weighted by atomic mass is 16.5. The van der Waals surface area contributed by atoms with Crippen LogP contribution in [-0.2, 0) is 6.42 Å². The first-order chi connectivity index (χ1) is 9.70. The number of amides is 1. The van der Waals surface area contributed by atoms with E-state index in [0.717, 1.165) is 30.2 Å². The van der Waals surface area contributed by atoms with Crippen LogP contribution in [0.25, 0.3) is 0 Å². The van der Waals surface area contributed by atoms with Crippen LogP contribution in [0.1, 0.15) is 11.1 Å². The first kappa shape index (κ1) is 11.6. The number of likely N-dealkylation sites (tertiary alicyclic amines) is 1. The molecule has 3 aliphatic heterocycles. The molecule has 20 heavy (non-hydrogen) atoms. The predicted molar refractivity (Wildman–Crippen MR) is 72.5 cm³/mol. The summed E-state index contributed by atoms with van der Waals surface area (Å²) in [6.07, 6.45) is 0.0726. The van der Waals surface area contributed by atoms with Crippen molar-refractivity contribution in [2.24, 2.45) is 4.99 Å². The standard InChI is InChI=1S/C14H15N3O3/c18-14(19)17-6-10-11(7-17)16-13(15-10)9-1-2-12-8(5-9)3-4-20-12/h1-2,5,10-11H,3-4,6-7H2,(H,15,16)(H,18,19)/t10-,11+. The van der Waals surface area contributed by atoms with Crippen molar-refractivity contribution in [1.29, 1.82) is 0 Å². The molecule has 1 aromatic carbocycles. The zero-order valence-corrected chi connectivity index (χ0v) is 10.9. The number of carboxylic acid groups (broad SMARTS) is 1. The van der Waals surface area contributed by atoms with Gasteiger partial charge in [0.1, 0.15) is 11.6 Å². The minimum absolute atomic E-state index is 0.0330. The molecule has 6 nitrogen and oxygen atoms in total. The van der Waals surface area contributed by atoms with Crippen molar-refractivity contribution in [3.05, 3.63) is 29.3 Å². The molecule has 1 fully saturated rings. The van der Waals surface area contributed by atoms with Crippen LogP contribution in [0.5, 0.6) is 5.75 Å². The second-order valence-electron chi connectivity index (χ2n) is 5.40. The SMILES string of the molecule is O=C(O)N1C[C@@H]2N=C(c3ccc4c(c3)CCO4)N[C@@H]2C1. The van der Waals surface area contributed by atoms with Gasteiger partial charge in [0.05, 0.1) is 18.7 Å². The number of nitrogens with one attached hydrogen (secondary N) is 1. The van der Waals surface area contributed by atoms with Gasteiger partial charge in [0.2, 0.25) is 0 Å². The molecular formula is C14H15N3O3. The fraction of sp³-hybridized carbons (Fsp3) is 0.429. The Morgan fingerprint density at radius 2 is 2.35 bits per heavy atom. The summed E-state index contributed by atoms with van der Waals surface area (Å²) in [5.41, 5.74) is 2.28. The van der Waals surface area contributed by atoms with E-state index >= 15 is 0 Å². The summed E-state index contributed by atoms with van der Waals surface area (Å²) in [6.45, 7) is 1.73. The predicted octanol–water partition coefficient (Wildman–Crippen LogP) is 0.702. The quantitative estimate of drug-likeness (QED) is 0.790. The number of hydrogen-bond donors (Lipinski definition) is 2. The third-order valence-electron chi connectivity index (χ3n) is 4.14. The van der Waals surface area contributed by atoms with E-state index < -0.39 is 6.09 Å². The molecule has 0 saturated carbocycles. The van der Waals surface area contributed by atoms with E-state index in [4.69, 9.17) is 9.84 Å². The van der Waals surface area contributed by atoms with E-state index in [9.17, 15) is 4.79 Å². The highest BCUT2D eigenvalue weighted by Crippen LogP contribution is 2.27. The first-order valence-corrected chi connectivity index (χ1v) is 6.79. The van der Waals surface area contributed by atoms with E-state index in [1.807, 2.05) is 12.1 Å². The van der Waals surface area contributed by atoms with Gasteiger partial charge in [-0.05, 0) is 23.8 Å². The van der Waals surface area contributed by atoms with Crippen LogP contribution in [0.3, 0.4) is 0 Å². The van der Waals surface area contributed by atoms with Crippen molar-refractivity contribution in [3.63, 3.8) is 0 Å². The van der Waals surface area contributed by atoms with Crippen molar-refractivity contribution in [2.45, 2.75) is 18.5 Å². The van der Waals surface area contributed by atoms with E-state index in [1.165, 1.54) is 10.5 Å². The van der Waals surface area contributed by atoms with Gasteiger partial charge in [-0.2, -0.15) is 0 Å². The van der Waals surface area contributed by atoms with Crippen molar-refractivity contribution in [3.8, 4) is 5.75 Å². The molecule has 104 valence electrons. The third kappa shape index (κ3) is 1.71. The van der Waals surface area contributed by atoms with Crippen LogP contribution in [0.2, 0.25) is 0 Å². The van der Waals surface area contributed by atoms with Crippen molar-refractivity contribution in [2.75, 3.05) is 19.7 Å². The van der Waals surface area contributed by atoms with Gasteiger partial charge in [0.25, 0.3) is 0 Å². The Hall–Kier alpha value is -2.24. The Kier molecular flexibility index (Phi) is 2.39. The summed E-state index contributed by atoms with van der Waals surface area (Å²) in [5, 5.41) is 12.3. The number of fused-ring (bicyclic) bond motifs is 2. The first-order valence-electron chi connectivity index (χ1n) is 6.79. The molecule has 0 aromatic heterocycles. The van der Waals surface area contributed by atoms with Crippen LogP contribution in [0.4, 0.5) is 4.79 Å². The normalized spacial score (nSPS) is 26.6. The number of amidine groups is 1. The van der Waals surface area contributed by atoms with Gasteiger partial charge in [-0.15, -0.1) is 0 Å². The Balaban J connectivity index is 1.57. The van der Waals surface area contributed by atoms with Crippen LogP contribution in [0.15, 0.2) is 23.2 Å². The average molecular weight is 273 g/mol.